The number of benzene rings is 1. The number of hydrogen-bond donors (Lipinski definition) is 1. The zero-order valence-electron chi connectivity index (χ0n) is 7.64. The Bertz CT molecular complexity index is 432. The fourth-order valence-electron chi connectivity index (χ4n) is 1.13. The molecule has 0 aliphatic heterocycles. The molecule has 0 heterocycles. The number of rotatable bonds is 2. The maximum atomic E-state index is 10.8. The molecule has 0 bridgehead atoms. The number of aryl methyl sites for hydroxylation is 1. The lowest BCUT2D eigenvalue weighted by molar-refractivity contribution is 0.513. The summed E-state index contributed by atoms with van der Waals surface area (Å²) in [6.07, 6.45) is 2.94. The summed E-state index contributed by atoms with van der Waals surface area (Å²) in [5.74, 6) is 0. The third-order valence-corrected chi connectivity index (χ3v) is 2.36. The van der Waals surface area contributed by atoms with Crippen molar-refractivity contribution in [2.75, 3.05) is 0 Å². The Hall–Kier alpha value is -1.49. The molecule has 1 N–H and O–H groups in total. The van der Waals surface area contributed by atoms with Crippen molar-refractivity contribution in [2.24, 2.45) is 0 Å². The van der Waals surface area contributed by atoms with E-state index in [9.17, 15) is 4.57 Å². The molecular formula is C10H9NO2P+. The smallest absolute Gasteiger partial charge is 0.193 e. The van der Waals surface area contributed by atoms with Crippen LogP contribution in [0.15, 0.2) is 24.3 Å². The second kappa shape index (κ2) is 4.66. The Kier molecular flexibility index (Phi) is 3.53. The van der Waals surface area contributed by atoms with E-state index < -0.39 is 8.03 Å². The minimum Gasteiger partial charge on any atom is -0.193 e. The molecule has 0 radical (unpaired) electrons. The van der Waals surface area contributed by atoms with E-state index in [4.69, 9.17) is 10.2 Å². The SMILES string of the molecule is Cc1cc(C=CC#N)cc([P+](=O)O)c1. The molecule has 4 heteroatoms. The summed E-state index contributed by atoms with van der Waals surface area (Å²) < 4.78 is 10.8. The van der Waals surface area contributed by atoms with E-state index in [1.54, 1.807) is 18.2 Å². The van der Waals surface area contributed by atoms with Crippen LogP contribution in [0.1, 0.15) is 11.1 Å². The molecule has 0 amide bonds. The van der Waals surface area contributed by atoms with Crippen molar-refractivity contribution in [3.8, 4) is 6.07 Å². The van der Waals surface area contributed by atoms with Gasteiger partial charge in [-0.05, 0) is 34.8 Å². The van der Waals surface area contributed by atoms with Gasteiger partial charge in [-0.2, -0.15) is 10.2 Å². The third-order valence-electron chi connectivity index (χ3n) is 1.66. The highest BCUT2D eigenvalue weighted by atomic mass is 31.1. The van der Waals surface area contributed by atoms with Gasteiger partial charge in [0.25, 0.3) is 0 Å². The molecule has 0 aromatic heterocycles. The fraction of sp³-hybridized carbons (Fsp3) is 0.100. The Labute approximate surface area is 83.2 Å². The van der Waals surface area contributed by atoms with Gasteiger partial charge in [-0.1, -0.05) is 6.07 Å². The van der Waals surface area contributed by atoms with E-state index in [2.05, 4.69) is 0 Å². The van der Waals surface area contributed by atoms with Gasteiger partial charge >= 0.3 is 8.03 Å². The summed E-state index contributed by atoms with van der Waals surface area (Å²) >= 11 is 0. The van der Waals surface area contributed by atoms with Gasteiger partial charge in [-0.3, -0.25) is 0 Å². The second-order valence-corrected chi connectivity index (χ2v) is 3.90. The third kappa shape index (κ3) is 2.77. The van der Waals surface area contributed by atoms with Crippen LogP contribution in [0, 0.1) is 18.3 Å². The number of nitrogens with zero attached hydrogens (tertiary/aromatic N) is 1. The van der Waals surface area contributed by atoms with Gasteiger partial charge in [-0.25, -0.2) is 0 Å². The average Bonchev–Trinajstić information content (AvgIpc) is 2.14. The minimum absolute atomic E-state index is 0.387. The number of hydrogen-bond acceptors (Lipinski definition) is 2. The Morgan fingerprint density at radius 3 is 2.79 bits per heavy atom. The monoisotopic (exact) mass is 206 g/mol. The lowest BCUT2D eigenvalue weighted by Gasteiger charge is -1.94. The zero-order valence-corrected chi connectivity index (χ0v) is 8.53. The van der Waals surface area contributed by atoms with Crippen LogP contribution in [0.5, 0.6) is 0 Å². The van der Waals surface area contributed by atoms with E-state index in [-0.39, 0.29) is 0 Å². The summed E-state index contributed by atoms with van der Waals surface area (Å²) in [4.78, 5) is 8.92. The standard InChI is InChI=1S/C10H8NO2P/c1-8-5-9(3-2-4-11)7-10(6-8)14(12)13/h2-3,5-7H,1H3/p+1. The Morgan fingerprint density at radius 2 is 2.21 bits per heavy atom. The van der Waals surface area contributed by atoms with Crippen molar-refractivity contribution in [3.63, 3.8) is 0 Å². The van der Waals surface area contributed by atoms with Gasteiger partial charge in [0.1, 0.15) is 0 Å². The molecule has 1 atom stereocenters. The van der Waals surface area contributed by atoms with Crippen molar-refractivity contribution in [1.82, 2.24) is 0 Å². The van der Waals surface area contributed by atoms with Crippen molar-refractivity contribution < 1.29 is 9.46 Å². The normalized spacial score (nSPS) is 11.4. The molecule has 0 aliphatic carbocycles. The van der Waals surface area contributed by atoms with Gasteiger partial charge in [0, 0.05) is 12.1 Å². The van der Waals surface area contributed by atoms with E-state index in [0.717, 1.165) is 11.1 Å². The fourth-order valence-corrected chi connectivity index (χ4v) is 1.71. The minimum atomic E-state index is -2.31. The largest absolute Gasteiger partial charge is 0.546 e. The van der Waals surface area contributed by atoms with Crippen molar-refractivity contribution >= 4 is 19.4 Å². The van der Waals surface area contributed by atoms with Crippen molar-refractivity contribution in [1.29, 1.82) is 5.26 Å². The van der Waals surface area contributed by atoms with Gasteiger partial charge in [0.05, 0.1) is 6.07 Å². The molecule has 1 aromatic carbocycles. The first-order valence-corrected chi connectivity index (χ1v) is 5.18. The van der Waals surface area contributed by atoms with Crippen molar-refractivity contribution in [3.05, 3.63) is 35.4 Å². The van der Waals surface area contributed by atoms with E-state index in [1.807, 2.05) is 19.1 Å². The highest BCUT2D eigenvalue weighted by Gasteiger charge is 2.16. The lowest BCUT2D eigenvalue weighted by atomic mass is 10.1. The number of nitriles is 1. The molecule has 14 heavy (non-hydrogen) atoms. The first-order chi connectivity index (χ1) is 6.63. The quantitative estimate of drug-likeness (QED) is 0.593. The van der Waals surface area contributed by atoms with Gasteiger partial charge < -0.3 is 0 Å². The molecule has 0 spiro atoms. The molecule has 1 unspecified atom stereocenters. The van der Waals surface area contributed by atoms with E-state index in [0.29, 0.717) is 5.30 Å². The maximum Gasteiger partial charge on any atom is 0.546 e. The first kappa shape index (κ1) is 10.6. The van der Waals surface area contributed by atoms with E-state index >= 15 is 0 Å². The Balaban J connectivity index is 3.15. The summed E-state index contributed by atoms with van der Waals surface area (Å²) in [5, 5.41) is 8.72. The summed E-state index contributed by atoms with van der Waals surface area (Å²) in [7, 11) is -2.31. The van der Waals surface area contributed by atoms with Crippen LogP contribution in [-0.2, 0) is 4.57 Å². The molecule has 0 saturated heterocycles. The maximum absolute atomic E-state index is 10.8. The lowest BCUT2D eigenvalue weighted by Crippen LogP contribution is -1.97. The van der Waals surface area contributed by atoms with Crippen molar-refractivity contribution in [2.45, 2.75) is 6.92 Å². The molecule has 1 rings (SSSR count). The van der Waals surface area contributed by atoms with Crippen LogP contribution in [0.3, 0.4) is 0 Å². The molecule has 0 aliphatic rings. The number of allylic oxidation sites excluding steroid dienone is 1. The molecule has 0 saturated carbocycles. The second-order valence-electron chi connectivity index (χ2n) is 2.84. The molecule has 0 fully saturated rings. The summed E-state index contributed by atoms with van der Waals surface area (Å²) in [5.41, 5.74) is 1.66. The first-order valence-electron chi connectivity index (χ1n) is 3.97. The van der Waals surface area contributed by atoms with Gasteiger partial charge in [0.15, 0.2) is 0 Å². The molecule has 3 nitrogen and oxygen atoms in total. The van der Waals surface area contributed by atoms with Crippen LogP contribution in [-0.4, -0.2) is 4.89 Å². The van der Waals surface area contributed by atoms with Gasteiger partial charge in [-0.15, -0.1) is 0 Å². The van der Waals surface area contributed by atoms with Gasteiger partial charge in [0.2, 0.25) is 5.30 Å². The molecular weight excluding hydrogens is 197 g/mol. The summed E-state index contributed by atoms with van der Waals surface area (Å²) in [6.45, 7) is 1.84. The highest BCUT2D eigenvalue weighted by molar-refractivity contribution is 7.47. The molecule has 70 valence electrons. The van der Waals surface area contributed by atoms with Crippen LogP contribution < -0.4 is 5.30 Å². The zero-order chi connectivity index (χ0) is 10.6. The van der Waals surface area contributed by atoms with Crippen LogP contribution in [0.2, 0.25) is 0 Å². The molecule has 1 aromatic rings. The van der Waals surface area contributed by atoms with Crippen LogP contribution >= 0.6 is 8.03 Å². The highest BCUT2D eigenvalue weighted by Crippen LogP contribution is 2.16. The Morgan fingerprint density at radius 1 is 1.50 bits per heavy atom. The van der Waals surface area contributed by atoms with E-state index in [1.165, 1.54) is 6.08 Å². The predicted octanol–water partition coefficient (Wildman–Crippen LogP) is 1.89. The topological polar surface area (TPSA) is 61.1 Å². The summed E-state index contributed by atoms with van der Waals surface area (Å²) in [6, 6.07) is 6.96. The van der Waals surface area contributed by atoms with Crippen LogP contribution in [0.25, 0.3) is 6.08 Å². The average molecular weight is 206 g/mol. The van der Waals surface area contributed by atoms with Crippen LogP contribution in [0.4, 0.5) is 0 Å². The predicted molar refractivity (Wildman–Crippen MR) is 55.3 cm³/mol.